The van der Waals surface area contributed by atoms with E-state index >= 15 is 0 Å². The Morgan fingerprint density at radius 3 is 2.19 bits per heavy atom. The van der Waals surface area contributed by atoms with Gasteiger partial charge < -0.3 is 10.2 Å². The fourth-order valence-electron chi connectivity index (χ4n) is 2.89. The first-order valence-electron chi connectivity index (χ1n) is 7.40. The Hall–Kier alpha value is -1.65. The van der Waals surface area contributed by atoms with Crippen LogP contribution < -0.4 is 5.32 Å². The molecule has 0 spiro atoms. The quantitative estimate of drug-likeness (QED) is 0.925. The lowest BCUT2D eigenvalue weighted by molar-refractivity contribution is 0.0667. The Morgan fingerprint density at radius 1 is 1.24 bits per heavy atom. The van der Waals surface area contributed by atoms with E-state index in [0.29, 0.717) is 24.9 Å². The van der Waals surface area contributed by atoms with Crippen molar-refractivity contribution in [2.45, 2.75) is 26.7 Å². The van der Waals surface area contributed by atoms with E-state index in [4.69, 9.17) is 0 Å². The predicted octanol–water partition coefficient (Wildman–Crippen LogP) is 3.51. The van der Waals surface area contributed by atoms with Crippen LogP contribution in [0.5, 0.6) is 0 Å². The monoisotopic (exact) mass is 296 g/mol. The maximum absolute atomic E-state index is 13.7. The minimum Gasteiger partial charge on any atom is -0.383 e. The lowest BCUT2D eigenvalue weighted by Crippen LogP contribution is -2.39. The molecule has 1 aliphatic heterocycles. The number of nitrogens with zero attached hydrogens (tertiary/aromatic N) is 1. The van der Waals surface area contributed by atoms with Crippen molar-refractivity contribution in [1.82, 2.24) is 4.90 Å². The number of nitrogens with one attached hydrogen (secondary N) is 1. The van der Waals surface area contributed by atoms with Crippen LogP contribution in [0.2, 0.25) is 0 Å². The summed E-state index contributed by atoms with van der Waals surface area (Å²) in [5.74, 6) is -0.547. The summed E-state index contributed by atoms with van der Waals surface area (Å²) in [5, 5.41) is 2.45. The molecule has 0 aromatic heterocycles. The average Bonchev–Trinajstić information content (AvgIpc) is 2.46. The predicted molar refractivity (Wildman–Crippen MR) is 79.4 cm³/mol. The molecule has 0 unspecified atom stereocenters. The number of halogens is 2. The fourth-order valence-corrected chi connectivity index (χ4v) is 2.89. The van der Waals surface area contributed by atoms with Crippen LogP contribution in [0.25, 0.3) is 0 Å². The van der Waals surface area contributed by atoms with Crippen molar-refractivity contribution in [3.63, 3.8) is 0 Å². The van der Waals surface area contributed by atoms with Gasteiger partial charge in [-0.25, -0.2) is 8.78 Å². The second kappa shape index (κ2) is 6.41. The molecule has 0 saturated carbocycles. The van der Waals surface area contributed by atoms with Crippen LogP contribution in [0.4, 0.5) is 14.5 Å². The molecule has 1 amide bonds. The summed E-state index contributed by atoms with van der Waals surface area (Å²) in [5.41, 5.74) is -0.128. The van der Waals surface area contributed by atoms with Crippen LogP contribution in [-0.2, 0) is 0 Å². The molecule has 1 N–H and O–H groups in total. The van der Waals surface area contributed by atoms with Gasteiger partial charge in [-0.15, -0.1) is 0 Å². The third-order valence-electron chi connectivity index (χ3n) is 4.31. The van der Waals surface area contributed by atoms with Gasteiger partial charge in [-0.05, 0) is 36.8 Å². The van der Waals surface area contributed by atoms with Crippen LogP contribution in [0.15, 0.2) is 12.1 Å². The Labute approximate surface area is 124 Å². The first-order chi connectivity index (χ1) is 9.93. The summed E-state index contributed by atoms with van der Waals surface area (Å²) in [7, 11) is 1.44. The summed E-state index contributed by atoms with van der Waals surface area (Å²) in [6.07, 6.45) is 1.89. The summed E-state index contributed by atoms with van der Waals surface area (Å²) in [4.78, 5) is 14.0. The van der Waals surface area contributed by atoms with Gasteiger partial charge in [0.2, 0.25) is 0 Å². The minimum atomic E-state index is -0.738. The molecule has 1 saturated heterocycles. The molecule has 1 fully saturated rings. The van der Waals surface area contributed by atoms with Gasteiger partial charge in [0.15, 0.2) is 0 Å². The minimum absolute atomic E-state index is 0.0759. The molecule has 0 bridgehead atoms. The topological polar surface area (TPSA) is 32.3 Å². The highest BCUT2D eigenvalue weighted by molar-refractivity contribution is 5.94. The molecular weight excluding hydrogens is 274 g/mol. The van der Waals surface area contributed by atoms with Gasteiger partial charge in [0.05, 0.1) is 0 Å². The van der Waals surface area contributed by atoms with E-state index in [1.54, 1.807) is 4.90 Å². The Bertz CT molecular complexity index is 500. The molecule has 3 nitrogen and oxygen atoms in total. The highest BCUT2D eigenvalue weighted by atomic mass is 19.1. The van der Waals surface area contributed by atoms with Crippen LogP contribution >= 0.6 is 0 Å². The van der Waals surface area contributed by atoms with E-state index in [9.17, 15) is 13.6 Å². The van der Waals surface area contributed by atoms with E-state index < -0.39 is 11.6 Å². The second-order valence-electron chi connectivity index (χ2n) is 5.94. The summed E-state index contributed by atoms with van der Waals surface area (Å²) < 4.78 is 27.5. The van der Waals surface area contributed by atoms with Gasteiger partial charge in [-0.3, -0.25) is 4.79 Å². The number of carbonyl (C=O) groups is 1. The van der Waals surface area contributed by atoms with Gasteiger partial charge in [0, 0.05) is 25.7 Å². The normalized spacial score (nSPS) is 16.4. The zero-order valence-corrected chi connectivity index (χ0v) is 12.7. The van der Waals surface area contributed by atoms with Gasteiger partial charge in [-0.1, -0.05) is 13.8 Å². The number of benzene rings is 1. The molecule has 1 aromatic rings. The highest BCUT2D eigenvalue weighted by Gasteiger charge is 2.26. The standard InChI is InChI=1S/C16H22F2N2O/c1-10(2)11-4-6-20(7-5-11)16(21)12-8-13(17)15(19-3)14(18)9-12/h8-11,19H,4-7H2,1-3H3. The van der Waals surface area contributed by atoms with Crippen molar-refractivity contribution < 1.29 is 13.6 Å². The number of hydrogen-bond acceptors (Lipinski definition) is 2. The van der Waals surface area contributed by atoms with Crippen molar-refractivity contribution >= 4 is 11.6 Å². The maximum Gasteiger partial charge on any atom is 0.254 e. The van der Waals surface area contributed by atoms with E-state index in [2.05, 4.69) is 19.2 Å². The van der Waals surface area contributed by atoms with Crippen molar-refractivity contribution in [2.24, 2.45) is 11.8 Å². The second-order valence-corrected chi connectivity index (χ2v) is 5.94. The molecule has 21 heavy (non-hydrogen) atoms. The number of amides is 1. The molecule has 1 aliphatic rings. The van der Waals surface area contributed by atoms with Crippen LogP contribution in [-0.4, -0.2) is 30.9 Å². The molecule has 5 heteroatoms. The van der Waals surface area contributed by atoms with Crippen molar-refractivity contribution in [3.8, 4) is 0 Å². The summed E-state index contributed by atoms with van der Waals surface area (Å²) >= 11 is 0. The molecule has 1 heterocycles. The molecule has 2 rings (SSSR count). The van der Waals surface area contributed by atoms with Crippen LogP contribution in [0.3, 0.4) is 0 Å². The van der Waals surface area contributed by atoms with E-state index in [1.165, 1.54) is 7.05 Å². The SMILES string of the molecule is CNc1c(F)cc(C(=O)N2CCC(C(C)C)CC2)cc1F. The highest BCUT2D eigenvalue weighted by Crippen LogP contribution is 2.26. The number of hydrogen-bond donors (Lipinski definition) is 1. The third kappa shape index (κ3) is 3.34. The van der Waals surface area contributed by atoms with Crippen molar-refractivity contribution in [3.05, 3.63) is 29.3 Å². The number of carbonyl (C=O) groups excluding carboxylic acids is 1. The van der Waals surface area contributed by atoms with Crippen LogP contribution in [0.1, 0.15) is 37.0 Å². The first-order valence-corrected chi connectivity index (χ1v) is 7.40. The van der Waals surface area contributed by atoms with Crippen molar-refractivity contribution in [2.75, 3.05) is 25.5 Å². The summed E-state index contributed by atoms with van der Waals surface area (Å²) in [6, 6.07) is 2.21. The van der Waals surface area contributed by atoms with E-state index in [1.807, 2.05) is 0 Å². The third-order valence-corrected chi connectivity index (χ3v) is 4.31. The van der Waals surface area contributed by atoms with E-state index in [0.717, 1.165) is 25.0 Å². The molecule has 0 radical (unpaired) electrons. The zero-order valence-electron chi connectivity index (χ0n) is 12.7. The van der Waals surface area contributed by atoms with Gasteiger partial charge in [0.1, 0.15) is 17.3 Å². The van der Waals surface area contributed by atoms with Gasteiger partial charge in [-0.2, -0.15) is 0 Å². The number of likely N-dealkylation sites (tertiary alicyclic amines) is 1. The van der Waals surface area contributed by atoms with Gasteiger partial charge >= 0.3 is 0 Å². The molecule has 0 atom stereocenters. The Morgan fingerprint density at radius 2 is 1.76 bits per heavy atom. The molecule has 116 valence electrons. The van der Waals surface area contributed by atoms with E-state index in [-0.39, 0.29) is 17.2 Å². The Balaban J connectivity index is 2.11. The smallest absolute Gasteiger partial charge is 0.254 e. The van der Waals surface area contributed by atoms with Crippen LogP contribution in [0, 0.1) is 23.5 Å². The Kier molecular flexibility index (Phi) is 4.80. The lowest BCUT2D eigenvalue weighted by atomic mass is 9.86. The molecular formula is C16H22F2N2O. The average molecular weight is 296 g/mol. The fraction of sp³-hybridized carbons (Fsp3) is 0.562. The lowest BCUT2D eigenvalue weighted by Gasteiger charge is -2.34. The number of rotatable bonds is 3. The molecule has 0 aliphatic carbocycles. The zero-order chi connectivity index (χ0) is 15.6. The largest absolute Gasteiger partial charge is 0.383 e. The number of piperidine rings is 1. The molecule has 1 aromatic carbocycles. The summed E-state index contributed by atoms with van der Waals surface area (Å²) in [6.45, 7) is 5.67. The van der Waals surface area contributed by atoms with Crippen molar-refractivity contribution in [1.29, 1.82) is 0 Å². The van der Waals surface area contributed by atoms with Gasteiger partial charge in [0.25, 0.3) is 5.91 Å². The first kappa shape index (κ1) is 15.7. The number of anilines is 1. The maximum atomic E-state index is 13.7.